The van der Waals surface area contributed by atoms with Crippen molar-refractivity contribution in [3.8, 4) is 45.0 Å². The van der Waals surface area contributed by atoms with Gasteiger partial charge in [0.25, 0.3) is 0 Å². The molecule has 0 aliphatic rings. The van der Waals surface area contributed by atoms with E-state index < -0.39 is 0 Å². The van der Waals surface area contributed by atoms with Crippen LogP contribution in [0.2, 0.25) is 0 Å². The first-order valence-electron chi connectivity index (χ1n) is 17.0. The minimum absolute atomic E-state index is 0.715. The predicted molar refractivity (Wildman–Crippen MR) is 209 cm³/mol. The molecule has 3 nitrogen and oxygen atoms in total. The Morgan fingerprint density at radius 3 is 1.48 bits per heavy atom. The van der Waals surface area contributed by atoms with Crippen LogP contribution in [0.25, 0.3) is 99.2 Å². The van der Waals surface area contributed by atoms with Gasteiger partial charge in [0.15, 0.2) is 5.82 Å². The number of rotatable bonds is 4. The van der Waals surface area contributed by atoms with Crippen molar-refractivity contribution in [1.29, 1.82) is 0 Å². The minimum Gasteiger partial charge on any atom is -0.247 e. The lowest BCUT2D eigenvalue weighted by molar-refractivity contribution is 1.23. The number of hydrogen-bond acceptors (Lipinski definition) is 3. The van der Waals surface area contributed by atoms with Crippen LogP contribution in [-0.4, -0.2) is 15.0 Å². The Morgan fingerprint density at radius 1 is 0.260 bits per heavy atom. The zero-order chi connectivity index (χ0) is 33.0. The largest absolute Gasteiger partial charge is 0.247 e. The molecule has 0 saturated heterocycles. The van der Waals surface area contributed by atoms with E-state index in [9.17, 15) is 0 Å². The van der Waals surface area contributed by atoms with E-state index in [2.05, 4.69) is 158 Å². The second-order valence-electron chi connectivity index (χ2n) is 12.8. The molecule has 0 atom stereocenters. The maximum Gasteiger partial charge on any atom is 0.160 e. The van der Waals surface area contributed by atoms with E-state index >= 15 is 0 Å². The van der Waals surface area contributed by atoms with E-state index in [1.807, 2.05) is 18.2 Å². The number of nitrogens with zero attached hydrogens (tertiary/aromatic N) is 3. The maximum absolute atomic E-state index is 5.33. The average molecular weight is 636 g/mol. The molecule has 0 amide bonds. The number of para-hydroxylation sites is 2. The lowest BCUT2D eigenvalue weighted by Crippen LogP contribution is -1.95. The lowest BCUT2D eigenvalue weighted by Gasteiger charge is -2.16. The van der Waals surface area contributed by atoms with Crippen molar-refractivity contribution < 1.29 is 0 Å². The summed E-state index contributed by atoms with van der Waals surface area (Å²) in [7, 11) is 0. The summed E-state index contributed by atoms with van der Waals surface area (Å²) < 4.78 is 0. The fourth-order valence-corrected chi connectivity index (χ4v) is 7.51. The number of hydrogen-bond donors (Lipinski definition) is 0. The second kappa shape index (κ2) is 11.5. The van der Waals surface area contributed by atoms with E-state index in [1.165, 1.54) is 37.7 Å². The van der Waals surface area contributed by atoms with Gasteiger partial charge in [0.1, 0.15) is 0 Å². The van der Waals surface area contributed by atoms with Crippen LogP contribution in [0.15, 0.2) is 176 Å². The van der Waals surface area contributed by atoms with E-state index in [1.54, 1.807) is 0 Å². The minimum atomic E-state index is 0.715. The van der Waals surface area contributed by atoms with Crippen LogP contribution in [0.4, 0.5) is 0 Å². The third-order valence-corrected chi connectivity index (χ3v) is 9.84. The highest BCUT2D eigenvalue weighted by molar-refractivity contribution is 6.33. The van der Waals surface area contributed by atoms with Gasteiger partial charge in [-0.2, -0.15) is 0 Å². The van der Waals surface area contributed by atoms with E-state index in [0.717, 1.165) is 55.6 Å². The average Bonchev–Trinajstić information content (AvgIpc) is 3.20. The first kappa shape index (κ1) is 28.3. The first-order valence-corrected chi connectivity index (χ1v) is 17.0. The number of benzene rings is 8. The molecular weight excluding hydrogens is 607 g/mol. The Labute approximate surface area is 289 Å². The van der Waals surface area contributed by atoms with Gasteiger partial charge >= 0.3 is 0 Å². The fraction of sp³-hybridized carbons (Fsp3) is 0. The quantitative estimate of drug-likeness (QED) is 0.181. The van der Waals surface area contributed by atoms with E-state index in [-0.39, 0.29) is 0 Å². The third kappa shape index (κ3) is 4.56. The Kier molecular flexibility index (Phi) is 6.49. The Morgan fingerprint density at radius 2 is 0.760 bits per heavy atom. The molecule has 50 heavy (non-hydrogen) atoms. The monoisotopic (exact) mass is 635 g/mol. The van der Waals surface area contributed by atoms with Crippen LogP contribution in [0.5, 0.6) is 0 Å². The zero-order valence-electron chi connectivity index (χ0n) is 27.1. The van der Waals surface area contributed by atoms with Gasteiger partial charge in [-0.1, -0.05) is 158 Å². The van der Waals surface area contributed by atoms with Crippen molar-refractivity contribution >= 4 is 54.1 Å². The van der Waals surface area contributed by atoms with Crippen molar-refractivity contribution in [2.24, 2.45) is 0 Å². The van der Waals surface area contributed by atoms with Crippen LogP contribution in [-0.2, 0) is 0 Å². The molecule has 0 N–H and O–H groups in total. The number of pyridine rings is 1. The van der Waals surface area contributed by atoms with Crippen molar-refractivity contribution in [3.63, 3.8) is 0 Å². The van der Waals surface area contributed by atoms with Crippen molar-refractivity contribution in [2.75, 3.05) is 0 Å². The van der Waals surface area contributed by atoms with Gasteiger partial charge in [-0.15, -0.1) is 0 Å². The smallest absolute Gasteiger partial charge is 0.160 e. The second-order valence-corrected chi connectivity index (χ2v) is 12.8. The predicted octanol–water partition coefficient (Wildman–Crippen LogP) is 12.3. The molecular formula is C47H29N3. The molecule has 2 aromatic heterocycles. The van der Waals surface area contributed by atoms with Gasteiger partial charge in [0, 0.05) is 38.2 Å². The lowest BCUT2D eigenvalue weighted by atomic mass is 9.89. The molecule has 3 heteroatoms. The first-order chi connectivity index (χ1) is 24.8. The van der Waals surface area contributed by atoms with Gasteiger partial charge < -0.3 is 0 Å². The Hall–Kier alpha value is -6.71. The topological polar surface area (TPSA) is 38.7 Å². The Balaban J connectivity index is 1.12. The molecule has 232 valence electrons. The summed E-state index contributed by atoms with van der Waals surface area (Å²) in [5, 5.41) is 9.64. The molecule has 2 heterocycles. The molecule has 10 aromatic rings. The molecule has 0 saturated carbocycles. The molecule has 8 aromatic carbocycles. The third-order valence-electron chi connectivity index (χ3n) is 9.84. The van der Waals surface area contributed by atoms with Gasteiger partial charge in [-0.25, -0.2) is 15.0 Å². The number of fused-ring (bicyclic) bond motifs is 9. The summed E-state index contributed by atoms with van der Waals surface area (Å²) in [5.74, 6) is 0.715. The summed E-state index contributed by atoms with van der Waals surface area (Å²) in [6, 6.07) is 62.0. The molecule has 0 aliphatic heterocycles. The van der Waals surface area contributed by atoms with Crippen LogP contribution in [0.1, 0.15) is 0 Å². The van der Waals surface area contributed by atoms with Gasteiger partial charge in [0.05, 0.1) is 22.4 Å². The summed E-state index contributed by atoms with van der Waals surface area (Å²) in [4.78, 5) is 15.4. The molecule has 0 radical (unpaired) electrons. The van der Waals surface area contributed by atoms with Crippen molar-refractivity contribution in [1.82, 2.24) is 15.0 Å². The zero-order valence-corrected chi connectivity index (χ0v) is 27.1. The highest BCUT2D eigenvalue weighted by Gasteiger charge is 2.18. The highest BCUT2D eigenvalue weighted by atomic mass is 14.9. The van der Waals surface area contributed by atoms with E-state index in [4.69, 9.17) is 15.0 Å². The molecule has 0 spiro atoms. The van der Waals surface area contributed by atoms with Crippen molar-refractivity contribution in [2.45, 2.75) is 0 Å². The van der Waals surface area contributed by atoms with Crippen LogP contribution in [0, 0.1) is 0 Å². The molecule has 10 rings (SSSR count). The van der Waals surface area contributed by atoms with Crippen LogP contribution in [0.3, 0.4) is 0 Å². The highest BCUT2D eigenvalue weighted by Crippen LogP contribution is 2.43. The van der Waals surface area contributed by atoms with Crippen LogP contribution >= 0.6 is 0 Å². The maximum atomic E-state index is 5.33. The van der Waals surface area contributed by atoms with Gasteiger partial charge in [0.2, 0.25) is 0 Å². The number of aromatic nitrogens is 3. The fourth-order valence-electron chi connectivity index (χ4n) is 7.51. The summed E-state index contributed by atoms with van der Waals surface area (Å²) >= 11 is 0. The molecule has 0 bridgehead atoms. The summed E-state index contributed by atoms with van der Waals surface area (Å²) in [6.07, 6.45) is 0. The van der Waals surface area contributed by atoms with Crippen molar-refractivity contribution in [3.05, 3.63) is 176 Å². The summed E-state index contributed by atoms with van der Waals surface area (Å²) in [6.45, 7) is 0. The van der Waals surface area contributed by atoms with Crippen LogP contribution < -0.4 is 0 Å². The SMILES string of the molecule is c1ccc(-c2nc(-c3cccc(-c4ccc(-c5nc6ccccc6c6c7ccccc7c7ccccc7c56)cc4)c3)nc3ccccc23)cc1. The molecule has 0 fully saturated rings. The Bertz CT molecular complexity index is 2910. The standard InChI is InChI=1S/C47H29N3/c1-2-13-31(14-3-1)45-40-22-9-11-24-42(40)49-47(50-45)34-16-12-15-33(29-34)30-25-27-32(28-26-30)46-44-38-20-7-5-18-36(38)35-17-4-6-19-37(35)43(44)39-21-8-10-23-41(39)48-46/h1-29H. The normalized spacial score (nSPS) is 11.6. The van der Waals surface area contributed by atoms with E-state index in [0.29, 0.717) is 5.82 Å². The van der Waals surface area contributed by atoms with Gasteiger partial charge in [-0.3, -0.25) is 0 Å². The van der Waals surface area contributed by atoms with Gasteiger partial charge in [-0.05, 0) is 50.9 Å². The molecule has 0 aliphatic carbocycles. The summed E-state index contributed by atoms with van der Waals surface area (Å²) in [5.41, 5.74) is 9.26. The molecule has 0 unspecified atom stereocenters.